The van der Waals surface area contributed by atoms with Crippen molar-refractivity contribution >= 4 is 29.2 Å². The van der Waals surface area contributed by atoms with Crippen molar-refractivity contribution < 1.29 is 18.8 Å². The van der Waals surface area contributed by atoms with Gasteiger partial charge in [-0.25, -0.2) is 14.2 Å². The van der Waals surface area contributed by atoms with Crippen LogP contribution in [0, 0.1) is 5.82 Å². The second-order valence-corrected chi connectivity index (χ2v) is 8.90. The van der Waals surface area contributed by atoms with Crippen LogP contribution in [0.1, 0.15) is 28.7 Å². The van der Waals surface area contributed by atoms with E-state index in [0.717, 1.165) is 11.3 Å². The molecule has 2 aromatic rings. The lowest BCUT2D eigenvalue weighted by molar-refractivity contribution is -0.152. The van der Waals surface area contributed by atoms with Crippen LogP contribution in [-0.4, -0.2) is 76.4 Å². The van der Waals surface area contributed by atoms with Gasteiger partial charge in [0.1, 0.15) is 17.6 Å². The lowest BCUT2D eigenvalue weighted by Crippen LogP contribution is -2.45. The van der Waals surface area contributed by atoms with Crippen LogP contribution in [0.25, 0.3) is 0 Å². The first kappa shape index (κ1) is 22.5. The molecule has 1 aromatic heterocycles. The van der Waals surface area contributed by atoms with Crippen molar-refractivity contribution in [3.05, 3.63) is 46.0 Å². The summed E-state index contributed by atoms with van der Waals surface area (Å²) in [6.45, 7) is 3.22. The predicted molar refractivity (Wildman–Crippen MR) is 117 cm³/mol. The number of anilines is 1. The number of hydrogen-bond donors (Lipinski definition) is 1. The molecule has 11 heteroatoms. The van der Waals surface area contributed by atoms with Crippen molar-refractivity contribution in [1.82, 2.24) is 24.6 Å². The van der Waals surface area contributed by atoms with Gasteiger partial charge in [0.05, 0.1) is 23.8 Å². The number of urea groups is 1. The molecule has 0 saturated carbocycles. The number of aromatic nitrogens is 2. The number of nitrogens with zero attached hydrogens (tertiary/aromatic N) is 5. The van der Waals surface area contributed by atoms with Crippen LogP contribution in [0.15, 0.2) is 18.2 Å². The Hall–Kier alpha value is -2.69. The fourth-order valence-corrected chi connectivity index (χ4v) is 4.33. The van der Waals surface area contributed by atoms with Gasteiger partial charge in [-0.3, -0.25) is 14.3 Å². The lowest BCUT2D eigenvalue weighted by atomic mass is 9.99. The highest BCUT2D eigenvalue weighted by Crippen LogP contribution is 2.29. The Balaban J connectivity index is 1.60. The van der Waals surface area contributed by atoms with E-state index in [1.54, 1.807) is 16.6 Å². The van der Waals surface area contributed by atoms with Gasteiger partial charge >= 0.3 is 6.03 Å². The first-order valence-electron chi connectivity index (χ1n) is 10.3. The molecule has 0 spiro atoms. The van der Waals surface area contributed by atoms with Gasteiger partial charge in [0.25, 0.3) is 5.91 Å². The molecule has 9 nitrogen and oxygen atoms in total. The van der Waals surface area contributed by atoms with Crippen molar-refractivity contribution in [2.24, 2.45) is 0 Å². The van der Waals surface area contributed by atoms with Gasteiger partial charge in [-0.1, -0.05) is 11.6 Å². The second-order valence-electron chi connectivity index (χ2n) is 8.49. The Labute approximate surface area is 190 Å². The van der Waals surface area contributed by atoms with Gasteiger partial charge < -0.3 is 15.1 Å². The zero-order valence-corrected chi connectivity index (χ0v) is 19.2. The Kier molecular flexibility index (Phi) is 6.11. The van der Waals surface area contributed by atoms with Crippen molar-refractivity contribution in [2.75, 3.05) is 33.0 Å². The molecule has 2 aliphatic heterocycles. The number of benzene rings is 1. The van der Waals surface area contributed by atoms with Crippen LogP contribution in [0.5, 0.6) is 0 Å². The van der Waals surface area contributed by atoms with E-state index in [2.05, 4.69) is 5.32 Å². The SMILES string of the molecule is C[C@@H]1Cc2nn3c(c2CN1C(=O)Nc1ccc(F)c(Cl)c1)C(=O)N(C)O[C@H](CN(C)C)C3. The minimum Gasteiger partial charge on any atom is -0.317 e. The highest BCUT2D eigenvalue weighted by Gasteiger charge is 2.37. The van der Waals surface area contributed by atoms with Crippen molar-refractivity contribution in [2.45, 2.75) is 38.6 Å². The van der Waals surface area contributed by atoms with Crippen LogP contribution in [-0.2, 0) is 24.3 Å². The van der Waals surface area contributed by atoms with Crippen molar-refractivity contribution in [3.63, 3.8) is 0 Å². The van der Waals surface area contributed by atoms with Gasteiger partial charge in [0, 0.05) is 37.3 Å². The number of rotatable bonds is 3. The van der Waals surface area contributed by atoms with Gasteiger partial charge in [0.2, 0.25) is 0 Å². The van der Waals surface area contributed by atoms with E-state index in [1.807, 2.05) is 25.9 Å². The third kappa shape index (κ3) is 4.30. The molecule has 2 aliphatic rings. The summed E-state index contributed by atoms with van der Waals surface area (Å²) in [5.41, 5.74) is 2.37. The third-order valence-corrected chi connectivity index (χ3v) is 5.95. The normalized spacial score (nSPS) is 20.8. The monoisotopic (exact) mass is 464 g/mol. The van der Waals surface area contributed by atoms with Gasteiger partial charge in [-0.15, -0.1) is 0 Å². The number of hydroxylamine groups is 2. The molecule has 1 aromatic carbocycles. The van der Waals surface area contributed by atoms with E-state index >= 15 is 0 Å². The first-order chi connectivity index (χ1) is 15.1. The minimum atomic E-state index is -0.555. The molecule has 1 N–H and O–H groups in total. The Morgan fingerprint density at radius 1 is 1.41 bits per heavy atom. The molecule has 0 bridgehead atoms. The average Bonchev–Trinajstić information content (AvgIpc) is 2.99. The standard InChI is InChI=1S/C21H26ClFN6O3/c1-12-7-18-15(11-28(12)21(31)24-13-5-6-17(23)16(22)8-13)19-20(30)27(4)32-14(9-26(2)3)10-29(19)25-18/h5-6,8,12,14H,7,9-11H2,1-4H3,(H,24,31)/t12-,14-/m1/s1. The second kappa shape index (κ2) is 8.68. The fraction of sp³-hybridized carbons (Fsp3) is 0.476. The molecule has 0 unspecified atom stereocenters. The van der Waals surface area contributed by atoms with Gasteiger partial charge in [-0.2, -0.15) is 5.10 Å². The summed E-state index contributed by atoms with van der Waals surface area (Å²) in [4.78, 5) is 35.5. The largest absolute Gasteiger partial charge is 0.322 e. The molecule has 2 atom stereocenters. The number of carbonyl (C=O) groups is 2. The summed E-state index contributed by atoms with van der Waals surface area (Å²) in [7, 11) is 5.48. The Bertz CT molecular complexity index is 1060. The maximum Gasteiger partial charge on any atom is 0.322 e. The summed E-state index contributed by atoms with van der Waals surface area (Å²) in [5, 5.41) is 8.63. The molecule has 172 valence electrons. The molecule has 3 heterocycles. The van der Waals surface area contributed by atoms with Crippen molar-refractivity contribution in [3.8, 4) is 0 Å². The van der Waals surface area contributed by atoms with E-state index in [0.29, 0.717) is 30.9 Å². The molecular weight excluding hydrogens is 439 g/mol. The highest BCUT2D eigenvalue weighted by molar-refractivity contribution is 6.31. The van der Waals surface area contributed by atoms with E-state index in [9.17, 15) is 14.0 Å². The quantitative estimate of drug-likeness (QED) is 0.755. The van der Waals surface area contributed by atoms with E-state index in [1.165, 1.54) is 23.3 Å². The topological polar surface area (TPSA) is 82.9 Å². The summed E-state index contributed by atoms with van der Waals surface area (Å²) >= 11 is 5.82. The predicted octanol–water partition coefficient (Wildman–Crippen LogP) is 2.60. The van der Waals surface area contributed by atoms with Gasteiger partial charge in [-0.05, 0) is 39.2 Å². The molecular formula is C21H26ClFN6O3. The lowest BCUT2D eigenvalue weighted by Gasteiger charge is -2.33. The zero-order valence-electron chi connectivity index (χ0n) is 18.4. The Morgan fingerprint density at radius 3 is 2.84 bits per heavy atom. The van der Waals surface area contributed by atoms with E-state index in [4.69, 9.17) is 21.5 Å². The van der Waals surface area contributed by atoms with Crippen LogP contribution in [0.4, 0.5) is 14.9 Å². The molecule has 0 saturated heterocycles. The zero-order chi connectivity index (χ0) is 23.2. The first-order valence-corrected chi connectivity index (χ1v) is 10.7. The molecule has 0 radical (unpaired) electrons. The fourth-order valence-electron chi connectivity index (χ4n) is 4.15. The van der Waals surface area contributed by atoms with Crippen LogP contribution < -0.4 is 5.32 Å². The number of fused-ring (bicyclic) bond motifs is 3. The average molecular weight is 465 g/mol. The number of amides is 3. The molecule has 0 fully saturated rings. The van der Waals surface area contributed by atoms with E-state index in [-0.39, 0.29) is 35.7 Å². The number of halogens is 2. The summed E-state index contributed by atoms with van der Waals surface area (Å²) in [6, 6.07) is 3.51. The number of hydrogen-bond acceptors (Lipinski definition) is 5. The maximum absolute atomic E-state index is 13.4. The van der Waals surface area contributed by atoms with Crippen LogP contribution >= 0.6 is 11.6 Å². The molecule has 0 aliphatic carbocycles. The summed E-state index contributed by atoms with van der Waals surface area (Å²) in [5.74, 6) is -0.846. The molecule has 32 heavy (non-hydrogen) atoms. The highest BCUT2D eigenvalue weighted by atomic mass is 35.5. The van der Waals surface area contributed by atoms with Crippen molar-refractivity contribution in [1.29, 1.82) is 0 Å². The molecule has 3 amide bonds. The molecule has 4 rings (SSSR count). The van der Waals surface area contributed by atoms with E-state index < -0.39 is 5.82 Å². The number of nitrogens with one attached hydrogen (secondary N) is 1. The summed E-state index contributed by atoms with van der Waals surface area (Å²) in [6.07, 6.45) is 0.282. The van der Waals surface area contributed by atoms with Gasteiger partial charge in [0.15, 0.2) is 0 Å². The maximum atomic E-state index is 13.4. The number of carbonyl (C=O) groups excluding carboxylic acids is 2. The minimum absolute atomic E-state index is 0.0698. The third-order valence-electron chi connectivity index (χ3n) is 5.66. The van der Waals surface area contributed by atoms with Crippen LogP contribution in [0.2, 0.25) is 5.02 Å². The summed E-state index contributed by atoms with van der Waals surface area (Å²) < 4.78 is 15.1. The Morgan fingerprint density at radius 2 is 2.16 bits per heavy atom. The number of likely N-dealkylation sites (N-methyl/N-ethyl adjacent to an activating group) is 1. The van der Waals surface area contributed by atoms with Crippen LogP contribution in [0.3, 0.4) is 0 Å². The smallest absolute Gasteiger partial charge is 0.317 e.